The van der Waals surface area contributed by atoms with E-state index in [-0.39, 0.29) is 11.7 Å². The average Bonchev–Trinajstić information content (AvgIpc) is 3.00. The summed E-state index contributed by atoms with van der Waals surface area (Å²) >= 11 is 1.17. The SMILES string of the molecule is CNC(=O)CSc1nnc(-c2ccc(OC)cc2OC)o1. The van der Waals surface area contributed by atoms with Crippen molar-refractivity contribution in [3.8, 4) is 23.0 Å². The van der Waals surface area contributed by atoms with Crippen LogP contribution in [0.2, 0.25) is 0 Å². The maximum absolute atomic E-state index is 11.2. The lowest BCUT2D eigenvalue weighted by Gasteiger charge is -2.07. The molecular formula is C13H15N3O4S. The second kappa shape index (κ2) is 6.98. The third kappa shape index (κ3) is 3.66. The molecule has 7 nitrogen and oxygen atoms in total. The normalized spacial score (nSPS) is 10.2. The summed E-state index contributed by atoms with van der Waals surface area (Å²) in [6.07, 6.45) is 0. The summed E-state index contributed by atoms with van der Waals surface area (Å²) < 4.78 is 15.9. The number of benzene rings is 1. The highest BCUT2D eigenvalue weighted by atomic mass is 32.2. The van der Waals surface area contributed by atoms with Gasteiger partial charge in [0.1, 0.15) is 11.5 Å². The number of hydrogen-bond donors (Lipinski definition) is 1. The van der Waals surface area contributed by atoms with Crippen LogP contribution in [-0.2, 0) is 4.79 Å². The first-order chi connectivity index (χ1) is 10.2. The highest BCUT2D eigenvalue weighted by Gasteiger charge is 2.15. The second-order valence-electron chi connectivity index (χ2n) is 3.90. The molecule has 112 valence electrons. The molecule has 2 rings (SSSR count). The highest BCUT2D eigenvalue weighted by Crippen LogP contribution is 2.33. The van der Waals surface area contributed by atoms with Crippen molar-refractivity contribution in [2.75, 3.05) is 27.0 Å². The van der Waals surface area contributed by atoms with Gasteiger partial charge >= 0.3 is 0 Å². The molecule has 1 aromatic heterocycles. The Hall–Kier alpha value is -2.22. The molecule has 0 aliphatic rings. The van der Waals surface area contributed by atoms with E-state index in [1.54, 1.807) is 39.5 Å². The van der Waals surface area contributed by atoms with E-state index in [1.807, 2.05) is 0 Å². The maximum Gasteiger partial charge on any atom is 0.277 e. The lowest BCUT2D eigenvalue weighted by Crippen LogP contribution is -2.19. The molecule has 0 saturated heterocycles. The molecule has 8 heteroatoms. The van der Waals surface area contributed by atoms with Gasteiger partial charge in [0, 0.05) is 13.1 Å². The maximum atomic E-state index is 11.2. The van der Waals surface area contributed by atoms with Crippen LogP contribution < -0.4 is 14.8 Å². The number of hydrogen-bond acceptors (Lipinski definition) is 7. The van der Waals surface area contributed by atoms with Gasteiger partial charge in [0.2, 0.25) is 5.91 Å². The molecule has 1 heterocycles. The number of carbonyl (C=O) groups is 1. The zero-order chi connectivity index (χ0) is 15.2. The van der Waals surface area contributed by atoms with Crippen LogP contribution in [0.1, 0.15) is 0 Å². The first-order valence-corrected chi connectivity index (χ1v) is 7.05. The summed E-state index contributed by atoms with van der Waals surface area (Å²) in [5, 5.41) is 10.7. The Morgan fingerprint density at radius 3 is 2.81 bits per heavy atom. The zero-order valence-corrected chi connectivity index (χ0v) is 12.7. The predicted molar refractivity (Wildman–Crippen MR) is 77.6 cm³/mol. The Balaban J connectivity index is 2.19. The van der Waals surface area contributed by atoms with E-state index in [1.165, 1.54) is 11.8 Å². The number of nitrogens with zero attached hydrogens (tertiary/aromatic N) is 2. The van der Waals surface area contributed by atoms with Crippen molar-refractivity contribution in [2.24, 2.45) is 0 Å². The molecule has 0 aliphatic heterocycles. The molecule has 2 aromatic rings. The summed E-state index contributed by atoms with van der Waals surface area (Å²) in [6.45, 7) is 0. The molecule has 21 heavy (non-hydrogen) atoms. The van der Waals surface area contributed by atoms with E-state index in [0.717, 1.165) is 0 Å². The largest absolute Gasteiger partial charge is 0.497 e. The van der Waals surface area contributed by atoms with Gasteiger partial charge in [-0.2, -0.15) is 0 Å². The lowest BCUT2D eigenvalue weighted by molar-refractivity contribution is -0.118. The van der Waals surface area contributed by atoms with Gasteiger partial charge in [-0.3, -0.25) is 4.79 Å². The standard InChI is InChI=1S/C13H15N3O4S/c1-14-11(17)7-21-13-16-15-12(20-13)9-5-4-8(18-2)6-10(9)19-3/h4-6H,7H2,1-3H3,(H,14,17). The predicted octanol–water partition coefficient (Wildman–Crippen LogP) is 1.59. The Morgan fingerprint density at radius 2 is 2.14 bits per heavy atom. The number of methoxy groups -OCH3 is 2. The van der Waals surface area contributed by atoms with Gasteiger partial charge in [0.15, 0.2) is 0 Å². The minimum absolute atomic E-state index is 0.109. The van der Waals surface area contributed by atoms with Crippen LogP contribution >= 0.6 is 11.8 Å². The Morgan fingerprint density at radius 1 is 1.33 bits per heavy atom. The Bertz CT molecular complexity index is 630. The summed E-state index contributed by atoms with van der Waals surface area (Å²) in [5.41, 5.74) is 0.664. The lowest BCUT2D eigenvalue weighted by atomic mass is 10.2. The Labute approximate surface area is 126 Å². The summed E-state index contributed by atoms with van der Waals surface area (Å²) in [4.78, 5) is 11.2. The van der Waals surface area contributed by atoms with Crippen molar-refractivity contribution in [3.05, 3.63) is 18.2 Å². The molecule has 0 bridgehead atoms. The fourth-order valence-electron chi connectivity index (χ4n) is 1.55. The molecule has 1 N–H and O–H groups in total. The smallest absolute Gasteiger partial charge is 0.277 e. The van der Waals surface area contributed by atoms with Gasteiger partial charge in [0.25, 0.3) is 11.1 Å². The van der Waals surface area contributed by atoms with E-state index >= 15 is 0 Å². The number of amides is 1. The van der Waals surface area contributed by atoms with E-state index in [2.05, 4.69) is 15.5 Å². The quantitative estimate of drug-likeness (QED) is 0.811. The van der Waals surface area contributed by atoms with Gasteiger partial charge in [0.05, 0.1) is 25.5 Å². The molecule has 0 saturated carbocycles. The molecule has 0 spiro atoms. The number of thioether (sulfide) groups is 1. The van der Waals surface area contributed by atoms with E-state index in [9.17, 15) is 4.79 Å². The van der Waals surface area contributed by atoms with Crippen LogP contribution in [0.4, 0.5) is 0 Å². The topological polar surface area (TPSA) is 86.5 Å². The van der Waals surface area contributed by atoms with Crippen LogP contribution in [0.25, 0.3) is 11.5 Å². The number of nitrogens with one attached hydrogen (secondary N) is 1. The molecule has 0 atom stereocenters. The minimum atomic E-state index is -0.109. The van der Waals surface area contributed by atoms with Crippen molar-refractivity contribution in [3.63, 3.8) is 0 Å². The molecule has 0 radical (unpaired) electrons. The van der Waals surface area contributed by atoms with Crippen LogP contribution in [0.3, 0.4) is 0 Å². The van der Waals surface area contributed by atoms with Crippen molar-refractivity contribution < 1.29 is 18.7 Å². The van der Waals surface area contributed by atoms with Gasteiger partial charge in [-0.1, -0.05) is 11.8 Å². The van der Waals surface area contributed by atoms with Gasteiger partial charge < -0.3 is 19.2 Å². The number of ether oxygens (including phenoxy) is 2. The van der Waals surface area contributed by atoms with Gasteiger partial charge in [-0.25, -0.2) is 0 Å². The van der Waals surface area contributed by atoms with Crippen LogP contribution in [0.15, 0.2) is 27.8 Å². The van der Waals surface area contributed by atoms with Crippen LogP contribution in [0.5, 0.6) is 11.5 Å². The molecule has 0 fully saturated rings. The third-order valence-electron chi connectivity index (χ3n) is 2.65. The van der Waals surface area contributed by atoms with Crippen molar-refractivity contribution >= 4 is 17.7 Å². The van der Waals surface area contributed by atoms with Crippen LogP contribution in [-0.4, -0.2) is 43.1 Å². The fourth-order valence-corrected chi connectivity index (χ4v) is 2.19. The van der Waals surface area contributed by atoms with E-state index in [4.69, 9.17) is 13.9 Å². The van der Waals surface area contributed by atoms with Crippen molar-refractivity contribution in [2.45, 2.75) is 5.22 Å². The van der Waals surface area contributed by atoms with E-state index < -0.39 is 0 Å². The number of carbonyl (C=O) groups excluding carboxylic acids is 1. The monoisotopic (exact) mass is 309 g/mol. The van der Waals surface area contributed by atoms with E-state index in [0.29, 0.717) is 28.2 Å². The molecule has 0 unspecified atom stereocenters. The first-order valence-electron chi connectivity index (χ1n) is 6.07. The van der Waals surface area contributed by atoms with Crippen LogP contribution in [0, 0.1) is 0 Å². The van der Waals surface area contributed by atoms with Crippen molar-refractivity contribution in [1.82, 2.24) is 15.5 Å². The molecule has 1 aromatic carbocycles. The van der Waals surface area contributed by atoms with Gasteiger partial charge in [-0.15, -0.1) is 10.2 Å². The summed E-state index contributed by atoms with van der Waals surface area (Å²) in [7, 11) is 4.70. The third-order valence-corrected chi connectivity index (χ3v) is 3.47. The molecular weight excluding hydrogens is 294 g/mol. The minimum Gasteiger partial charge on any atom is -0.497 e. The highest BCUT2D eigenvalue weighted by molar-refractivity contribution is 7.99. The van der Waals surface area contributed by atoms with Crippen molar-refractivity contribution in [1.29, 1.82) is 0 Å². The molecule has 0 aliphatic carbocycles. The summed E-state index contributed by atoms with van der Waals surface area (Å²) in [5.74, 6) is 1.68. The Kier molecular flexibility index (Phi) is 5.04. The first kappa shape index (κ1) is 15.2. The fraction of sp³-hybridized carbons (Fsp3) is 0.308. The number of rotatable bonds is 6. The van der Waals surface area contributed by atoms with Gasteiger partial charge in [-0.05, 0) is 12.1 Å². The average molecular weight is 309 g/mol. The zero-order valence-electron chi connectivity index (χ0n) is 11.9. The summed E-state index contributed by atoms with van der Waals surface area (Å²) in [6, 6.07) is 5.29. The second-order valence-corrected chi connectivity index (χ2v) is 4.83. The molecule has 1 amide bonds. The number of aromatic nitrogens is 2.